The Labute approximate surface area is 143 Å². The molecule has 0 bridgehead atoms. The van der Waals surface area contributed by atoms with Gasteiger partial charge in [-0.1, -0.05) is 56.3 Å². The van der Waals surface area contributed by atoms with Crippen molar-refractivity contribution < 1.29 is 4.39 Å². The highest BCUT2D eigenvalue weighted by atomic mass is 19.1. The highest BCUT2D eigenvalue weighted by Crippen LogP contribution is 2.41. The molecule has 3 aromatic rings. The molecule has 0 saturated carbocycles. The quantitative estimate of drug-likeness (QED) is 0.506. The molecule has 1 heterocycles. The van der Waals surface area contributed by atoms with E-state index in [2.05, 4.69) is 62.7 Å². The van der Waals surface area contributed by atoms with Gasteiger partial charge in [0, 0.05) is 29.1 Å². The van der Waals surface area contributed by atoms with E-state index >= 15 is 0 Å². The standard InChI is InChI=1S/C22H24FN/c1-15(2)22-21(18-8-6-5-7-9-18)20(14-24(22)16(3)4)17-10-12-19(23)13-11-17/h5-16H,1-4H3. The summed E-state index contributed by atoms with van der Waals surface area (Å²) in [6, 6.07) is 17.7. The molecule has 0 aliphatic heterocycles. The van der Waals surface area contributed by atoms with Gasteiger partial charge >= 0.3 is 0 Å². The average Bonchev–Trinajstić information content (AvgIpc) is 2.97. The minimum absolute atomic E-state index is 0.201. The van der Waals surface area contributed by atoms with E-state index in [1.165, 1.54) is 34.5 Å². The zero-order valence-corrected chi connectivity index (χ0v) is 14.8. The maximum absolute atomic E-state index is 13.4. The van der Waals surface area contributed by atoms with E-state index in [4.69, 9.17) is 0 Å². The summed E-state index contributed by atoms with van der Waals surface area (Å²) in [6.45, 7) is 8.87. The van der Waals surface area contributed by atoms with E-state index in [9.17, 15) is 4.39 Å². The molecule has 0 amide bonds. The summed E-state index contributed by atoms with van der Waals surface area (Å²) >= 11 is 0. The van der Waals surface area contributed by atoms with E-state index in [1.807, 2.05) is 18.2 Å². The molecule has 2 heteroatoms. The lowest BCUT2D eigenvalue weighted by Gasteiger charge is -2.18. The van der Waals surface area contributed by atoms with Crippen LogP contribution < -0.4 is 0 Å². The van der Waals surface area contributed by atoms with Gasteiger partial charge in [-0.2, -0.15) is 0 Å². The van der Waals surface area contributed by atoms with Crippen LogP contribution in [0.5, 0.6) is 0 Å². The molecule has 0 fully saturated rings. The minimum atomic E-state index is -0.201. The fourth-order valence-electron chi connectivity index (χ4n) is 3.31. The summed E-state index contributed by atoms with van der Waals surface area (Å²) in [4.78, 5) is 0. The van der Waals surface area contributed by atoms with E-state index in [0.717, 1.165) is 5.56 Å². The molecule has 3 rings (SSSR count). The Morgan fingerprint density at radius 3 is 1.96 bits per heavy atom. The lowest BCUT2D eigenvalue weighted by Crippen LogP contribution is -2.06. The van der Waals surface area contributed by atoms with Gasteiger partial charge in [-0.3, -0.25) is 0 Å². The van der Waals surface area contributed by atoms with Crippen molar-refractivity contribution in [2.75, 3.05) is 0 Å². The Kier molecular flexibility index (Phi) is 4.57. The molecule has 1 aromatic heterocycles. The molecule has 0 radical (unpaired) electrons. The van der Waals surface area contributed by atoms with Gasteiger partial charge in [-0.05, 0) is 43.0 Å². The molecule has 124 valence electrons. The van der Waals surface area contributed by atoms with Gasteiger partial charge in [-0.25, -0.2) is 4.39 Å². The maximum atomic E-state index is 13.4. The van der Waals surface area contributed by atoms with Crippen LogP contribution in [0.4, 0.5) is 4.39 Å². The molecule has 0 atom stereocenters. The van der Waals surface area contributed by atoms with Crippen LogP contribution in [0.15, 0.2) is 60.8 Å². The summed E-state index contributed by atoms with van der Waals surface area (Å²) in [5.41, 5.74) is 6.01. The smallest absolute Gasteiger partial charge is 0.123 e. The summed E-state index contributed by atoms with van der Waals surface area (Å²) in [5.74, 6) is 0.198. The lowest BCUT2D eigenvalue weighted by molar-refractivity contribution is 0.561. The molecule has 2 aromatic carbocycles. The van der Waals surface area contributed by atoms with Crippen molar-refractivity contribution in [2.45, 2.75) is 39.7 Å². The van der Waals surface area contributed by atoms with Gasteiger partial charge in [0.25, 0.3) is 0 Å². The van der Waals surface area contributed by atoms with E-state index in [-0.39, 0.29) is 5.82 Å². The summed E-state index contributed by atoms with van der Waals surface area (Å²) < 4.78 is 15.7. The molecular weight excluding hydrogens is 297 g/mol. The average molecular weight is 321 g/mol. The lowest BCUT2D eigenvalue weighted by atomic mass is 9.93. The van der Waals surface area contributed by atoms with Gasteiger partial charge in [0.15, 0.2) is 0 Å². The van der Waals surface area contributed by atoms with Crippen LogP contribution >= 0.6 is 0 Å². The first-order valence-electron chi connectivity index (χ1n) is 8.55. The zero-order chi connectivity index (χ0) is 17.3. The van der Waals surface area contributed by atoms with Gasteiger partial charge in [-0.15, -0.1) is 0 Å². The second kappa shape index (κ2) is 6.64. The van der Waals surface area contributed by atoms with Crippen LogP contribution in [-0.2, 0) is 0 Å². The first-order valence-corrected chi connectivity index (χ1v) is 8.55. The number of hydrogen-bond donors (Lipinski definition) is 0. The number of aromatic nitrogens is 1. The second-order valence-electron chi connectivity index (χ2n) is 6.83. The van der Waals surface area contributed by atoms with Crippen molar-refractivity contribution in [1.82, 2.24) is 4.57 Å². The minimum Gasteiger partial charge on any atom is -0.347 e. The monoisotopic (exact) mass is 321 g/mol. The largest absolute Gasteiger partial charge is 0.347 e. The van der Waals surface area contributed by atoms with Crippen molar-refractivity contribution in [1.29, 1.82) is 0 Å². The fraction of sp³-hybridized carbons (Fsp3) is 0.273. The predicted octanol–water partition coefficient (Wildman–Crippen LogP) is 6.67. The molecule has 0 spiro atoms. The summed E-state index contributed by atoms with van der Waals surface area (Å²) in [7, 11) is 0. The third-order valence-corrected chi connectivity index (χ3v) is 4.39. The molecule has 0 aliphatic carbocycles. The molecule has 0 unspecified atom stereocenters. The van der Waals surface area contributed by atoms with E-state index in [1.54, 1.807) is 0 Å². The Balaban J connectivity index is 2.32. The van der Waals surface area contributed by atoms with Crippen LogP contribution in [0.3, 0.4) is 0 Å². The van der Waals surface area contributed by atoms with Crippen LogP contribution in [-0.4, -0.2) is 4.57 Å². The van der Waals surface area contributed by atoms with E-state index in [0.29, 0.717) is 12.0 Å². The number of halogens is 1. The number of benzene rings is 2. The molecular formula is C22H24FN. The van der Waals surface area contributed by atoms with Gasteiger partial charge in [0.2, 0.25) is 0 Å². The van der Waals surface area contributed by atoms with Crippen molar-refractivity contribution in [3.8, 4) is 22.3 Å². The Morgan fingerprint density at radius 2 is 1.42 bits per heavy atom. The predicted molar refractivity (Wildman–Crippen MR) is 99.7 cm³/mol. The van der Waals surface area contributed by atoms with Crippen molar-refractivity contribution in [2.24, 2.45) is 0 Å². The second-order valence-corrected chi connectivity index (χ2v) is 6.83. The molecule has 1 nitrogen and oxygen atoms in total. The van der Waals surface area contributed by atoms with Crippen molar-refractivity contribution in [3.05, 3.63) is 72.3 Å². The first-order chi connectivity index (χ1) is 11.5. The number of nitrogens with zero attached hydrogens (tertiary/aromatic N) is 1. The van der Waals surface area contributed by atoms with Crippen LogP contribution in [0.25, 0.3) is 22.3 Å². The van der Waals surface area contributed by atoms with Gasteiger partial charge in [0.05, 0.1) is 0 Å². The summed E-state index contributed by atoms with van der Waals surface area (Å²) in [6.07, 6.45) is 2.22. The number of rotatable bonds is 4. The van der Waals surface area contributed by atoms with Gasteiger partial charge in [0.1, 0.15) is 5.82 Å². The maximum Gasteiger partial charge on any atom is 0.123 e. The highest BCUT2D eigenvalue weighted by molar-refractivity contribution is 5.86. The Hall–Kier alpha value is -2.35. The Morgan fingerprint density at radius 1 is 0.792 bits per heavy atom. The molecule has 24 heavy (non-hydrogen) atoms. The highest BCUT2D eigenvalue weighted by Gasteiger charge is 2.21. The Bertz CT molecular complexity index is 811. The third-order valence-electron chi connectivity index (χ3n) is 4.39. The summed E-state index contributed by atoms with van der Waals surface area (Å²) in [5, 5.41) is 0. The molecule has 0 aliphatic rings. The van der Waals surface area contributed by atoms with Gasteiger partial charge < -0.3 is 4.57 Å². The third kappa shape index (κ3) is 3.01. The SMILES string of the molecule is CC(C)c1c(-c2ccccc2)c(-c2ccc(F)cc2)cn1C(C)C. The number of hydrogen-bond acceptors (Lipinski definition) is 0. The normalized spacial score (nSPS) is 11.5. The van der Waals surface area contributed by atoms with Crippen molar-refractivity contribution in [3.63, 3.8) is 0 Å². The molecule has 0 N–H and O–H groups in total. The topological polar surface area (TPSA) is 4.93 Å². The van der Waals surface area contributed by atoms with Crippen LogP contribution in [0.2, 0.25) is 0 Å². The first kappa shape index (κ1) is 16.5. The zero-order valence-electron chi connectivity index (χ0n) is 14.8. The fourth-order valence-corrected chi connectivity index (χ4v) is 3.31. The van der Waals surface area contributed by atoms with E-state index < -0.39 is 0 Å². The van der Waals surface area contributed by atoms with Crippen LogP contribution in [0, 0.1) is 5.82 Å². The van der Waals surface area contributed by atoms with Crippen molar-refractivity contribution >= 4 is 0 Å². The molecule has 0 saturated heterocycles. The van der Waals surface area contributed by atoms with Crippen LogP contribution in [0.1, 0.15) is 45.3 Å².